The zero-order valence-electron chi connectivity index (χ0n) is 18.1. The fourth-order valence-electron chi connectivity index (χ4n) is 4.08. The summed E-state index contributed by atoms with van der Waals surface area (Å²) in [4.78, 5) is 30.9. The first-order valence-electron chi connectivity index (χ1n) is 10.7. The molecule has 5 heteroatoms. The van der Waals surface area contributed by atoms with Gasteiger partial charge in [-0.15, -0.1) is 0 Å². The lowest BCUT2D eigenvalue weighted by Crippen LogP contribution is -2.19. The number of carbonyl (C=O) groups is 2. The number of benzene rings is 1. The highest BCUT2D eigenvalue weighted by Gasteiger charge is 2.20. The molecule has 5 nitrogen and oxygen atoms in total. The van der Waals surface area contributed by atoms with Crippen LogP contribution in [-0.4, -0.2) is 41.2 Å². The molecule has 0 saturated carbocycles. The van der Waals surface area contributed by atoms with E-state index in [9.17, 15) is 9.59 Å². The van der Waals surface area contributed by atoms with Gasteiger partial charge in [-0.25, -0.2) is 4.98 Å². The Kier molecular flexibility index (Phi) is 7.52. The summed E-state index contributed by atoms with van der Waals surface area (Å²) in [5, 5.41) is 2.81. The minimum absolute atomic E-state index is 0.108. The minimum atomic E-state index is -0.169. The van der Waals surface area contributed by atoms with E-state index in [4.69, 9.17) is 0 Å². The Morgan fingerprint density at radius 2 is 1.90 bits per heavy atom. The highest BCUT2D eigenvalue weighted by Crippen LogP contribution is 2.29. The van der Waals surface area contributed by atoms with Crippen LogP contribution in [0.2, 0.25) is 0 Å². The van der Waals surface area contributed by atoms with Gasteiger partial charge < -0.3 is 5.32 Å². The van der Waals surface area contributed by atoms with Crippen LogP contribution in [-0.2, 0) is 9.59 Å². The number of anilines is 1. The number of aromatic nitrogens is 1. The molecule has 1 aromatic heterocycles. The Bertz CT molecular complexity index is 897. The number of rotatable bonds is 8. The smallest absolute Gasteiger partial charge is 0.249 e. The number of amides is 1. The third-order valence-electron chi connectivity index (χ3n) is 5.53. The van der Waals surface area contributed by atoms with Gasteiger partial charge in [-0.2, -0.15) is 0 Å². The average molecular weight is 406 g/mol. The number of hydrogen-bond acceptors (Lipinski definition) is 4. The van der Waals surface area contributed by atoms with Gasteiger partial charge >= 0.3 is 0 Å². The predicted molar refractivity (Wildman–Crippen MR) is 121 cm³/mol. The van der Waals surface area contributed by atoms with Crippen LogP contribution >= 0.6 is 0 Å². The number of nitrogens with zero attached hydrogens (tertiary/aromatic N) is 2. The van der Waals surface area contributed by atoms with E-state index in [1.807, 2.05) is 30.3 Å². The van der Waals surface area contributed by atoms with E-state index in [0.717, 1.165) is 36.3 Å². The second-order valence-corrected chi connectivity index (χ2v) is 8.29. The molecule has 0 spiro atoms. The molecule has 1 unspecified atom stereocenters. The normalized spacial score (nSPS) is 15.6. The summed E-state index contributed by atoms with van der Waals surface area (Å²) in [5.74, 6) is 0.666. The molecular weight excluding hydrogens is 374 g/mol. The molecule has 1 atom stereocenters. The molecule has 2 aromatic rings. The van der Waals surface area contributed by atoms with Gasteiger partial charge in [0.2, 0.25) is 5.91 Å². The summed E-state index contributed by atoms with van der Waals surface area (Å²) < 4.78 is 0. The SMILES string of the molecule is CC(=O)C(c1cccc(-c2ccc(NC(=O)/C=C/CN3CCCC3)nc2)c1)C(C)C. The molecule has 1 aliphatic rings. The van der Waals surface area contributed by atoms with Crippen molar-refractivity contribution >= 4 is 17.5 Å². The topological polar surface area (TPSA) is 62.3 Å². The van der Waals surface area contributed by atoms with Crippen molar-refractivity contribution in [1.29, 1.82) is 0 Å². The van der Waals surface area contributed by atoms with Crippen molar-refractivity contribution in [2.24, 2.45) is 5.92 Å². The third kappa shape index (κ3) is 5.86. The monoisotopic (exact) mass is 405 g/mol. The van der Waals surface area contributed by atoms with Crippen molar-refractivity contribution in [3.8, 4) is 11.1 Å². The highest BCUT2D eigenvalue weighted by atomic mass is 16.1. The molecular formula is C25H31N3O2. The molecule has 30 heavy (non-hydrogen) atoms. The lowest BCUT2D eigenvalue weighted by atomic mass is 9.84. The standard InChI is InChI=1S/C25H31N3O2/c1-18(2)25(19(3)29)21-9-6-8-20(16-21)22-11-12-23(26-17-22)27-24(30)10-7-15-28-13-4-5-14-28/h6-12,16-18,25H,4-5,13-15H2,1-3H3,(H,26,27,30)/b10-7+. The van der Waals surface area contributed by atoms with E-state index >= 15 is 0 Å². The van der Waals surface area contributed by atoms with Crippen LogP contribution in [0.5, 0.6) is 0 Å². The fraction of sp³-hybridized carbons (Fsp3) is 0.400. The van der Waals surface area contributed by atoms with Gasteiger partial charge in [-0.1, -0.05) is 44.2 Å². The Morgan fingerprint density at radius 3 is 2.53 bits per heavy atom. The van der Waals surface area contributed by atoms with Gasteiger partial charge in [0.1, 0.15) is 11.6 Å². The van der Waals surface area contributed by atoms with Crippen molar-refractivity contribution in [3.05, 3.63) is 60.3 Å². The number of pyridine rings is 1. The maximum Gasteiger partial charge on any atom is 0.249 e. The first-order valence-corrected chi connectivity index (χ1v) is 10.7. The maximum absolute atomic E-state index is 12.1. The second-order valence-electron chi connectivity index (χ2n) is 8.29. The Labute approximate surface area is 179 Å². The molecule has 0 aliphatic carbocycles. The Hall–Kier alpha value is -2.79. The zero-order valence-corrected chi connectivity index (χ0v) is 18.1. The van der Waals surface area contributed by atoms with Crippen LogP contribution in [0, 0.1) is 5.92 Å². The van der Waals surface area contributed by atoms with Gasteiger partial charge in [0.15, 0.2) is 0 Å². The van der Waals surface area contributed by atoms with Crippen molar-refractivity contribution in [3.63, 3.8) is 0 Å². The molecule has 1 amide bonds. The quantitative estimate of drug-likeness (QED) is 0.649. The summed E-state index contributed by atoms with van der Waals surface area (Å²) in [6.45, 7) is 8.82. The molecule has 1 saturated heterocycles. The van der Waals surface area contributed by atoms with Crippen molar-refractivity contribution in [2.45, 2.75) is 39.5 Å². The molecule has 3 rings (SSSR count). The van der Waals surface area contributed by atoms with Crippen LogP contribution < -0.4 is 5.32 Å². The van der Waals surface area contributed by atoms with Crippen LogP contribution in [0.3, 0.4) is 0 Å². The summed E-state index contributed by atoms with van der Waals surface area (Å²) in [5.41, 5.74) is 2.98. The number of Topliss-reactive ketones (excluding diaryl/α,β-unsaturated/α-hetero) is 1. The summed E-state index contributed by atoms with van der Waals surface area (Å²) in [7, 11) is 0. The Morgan fingerprint density at radius 1 is 1.13 bits per heavy atom. The maximum atomic E-state index is 12.1. The average Bonchev–Trinajstić information content (AvgIpc) is 3.22. The summed E-state index contributed by atoms with van der Waals surface area (Å²) >= 11 is 0. The molecule has 158 valence electrons. The van der Waals surface area contributed by atoms with Gasteiger partial charge in [0.25, 0.3) is 0 Å². The van der Waals surface area contributed by atoms with Crippen molar-refractivity contribution in [1.82, 2.24) is 9.88 Å². The van der Waals surface area contributed by atoms with Gasteiger partial charge in [-0.05, 0) is 62.0 Å². The van der Waals surface area contributed by atoms with E-state index < -0.39 is 0 Å². The van der Waals surface area contributed by atoms with Gasteiger partial charge in [0, 0.05) is 30.3 Å². The van der Waals surface area contributed by atoms with Gasteiger partial charge in [0.05, 0.1) is 0 Å². The molecule has 0 bridgehead atoms. The van der Waals surface area contributed by atoms with E-state index in [1.165, 1.54) is 12.8 Å². The minimum Gasteiger partial charge on any atom is -0.307 e. The zero-order chi connectivity index (χ0) is 21.5. The lowest BCUT2D eigenvalue weighted by Gasteiger charge is -2.19. The predicted octanol–water partition coefficient (Wildman–Crippen LogP) is 4.67. The number of ketones is 1. The molecule has 1 aromatic carbocycles. The molecule has 1 aliphatic heterocycles. The number of nitrogens with one attached hydrogen (secondary N) is 1. The molecule has 1 N–H and O–H groups in total. The summed E-state index contributed by atoms with van der Waals surface area (Å²) in [6.07, 6.45) is 7.71. The van der Waals surface area contributed by atoms with Crippen LogP contribution in [0.1, 0.15) is 45.1 Å². The first-order chi connectivity index (χ1) is 14.4. The van der Waals surface area contributed by atoms with E-state index in [2.05, 4.69) is 35.1 Å². The molecule has 2 heterocycles. The highest BCUT2D eigenvalue weighted by molar-refractivity contribution is 5.98. The number of hydrogen-bond donors (Lipinski definition) is 1. The van der Waals surface area contributed by atoms with Crippen molar-refractivity contribution < 1.29 is 9.59 Å². The number of carbonyl (C=O) groups excluding carboxylic acids is 2. The van der Waals surface area contributed by atoms with Crippen LogP contribution in [0.4, 0.5) is 5.82 Å². The summed E-state index contributed by atoms with van der Waals surface area (Å²) in [6, 6.07) is 11.8. The van der Waals surface area contributed by atoms with Crippen molar-refractivity contribution in [2.75, 3.05) is 25.0 Å². The lowest BCUT2D eigenvalue weighted by molar-refractivity contribution is -0.119. The second kappa shape index (κ2) is 10.3. The molecule has 0 radical (unpaired) electrons. The number of likely N-dealkylation sites (tertiary alicyclic amines) is 1. The van der Waals surface area contributed by atoms with Crippen LogP contribution in [0.25, 0.3) is 11.1 Å². The largest absolute Gasteiger partial charge is 0.307 e. The van der Waals surface area contributed by atoms with E-state index in [0.29, 0.717) is 5.82 Å². The first kappa shape index (κ1) is 21.9. The molecule has 1 fully saturated rings. The fourth-order valence-corrected chi connectivity index (χ4v) is 4.08. The van der Waals surface area contributed by atoms with Gasteiger partial charge in [-0.3, -0.25) is 14.5 Å². The van der Waals surface area contributed by atoms with E-state index in [1.54, 1.807) is 25.3 Å². The van der Waals surface area contributed by atoms with Crippen LogP contribution in [0.15, 0.2) is 54.7 Å². The Balaban J connectivity index is 1.64. The third-order valence-corrected chi connectivity index (χ3v) is 5.53. The van der Waals surface area contributed by atoms with E-state index in [-0.39, 0.29) is 23.5 Å².